The molecule has 0 saturated heterocycles. The molecule has 1 amide bonds. The van der Waals surface area contributed by atoms with Gasteiger partial charge in [-0.3, -0.25) is 4.79 Å². The van der Waals surface area contributed by atoms with Gasteiger partial charge in [-0.15, -0.1) is 0 Å². The van der Waals surface area contributed by atoms with Gasteiger partial charge in [-0.2, -0.15) is 13.2 Å². The molecule has 5 rings (SSSR count). The second kappa shape index (κ2) is 5.75. The SMILES string of the molecule is CC(NC(=O)C12CC3CC(CC(C3)C1)C2)c1ccc(C(F)(F)F)cc1. The van der Waals surface area contributed by atoms with E-state index in [4.69, 9.17) is 0 Å². The van der Waals surface area contributed by atoms with Crippen molar-refractivity contribution in [2.75, 3.05) is 0 Å². The third-order valence-electron chi connectivity index (χ3n) is 6.61. The number of hydrogen-bond acceptors (Lipinski definition) is 1. The summed E-state index contributed by atoms with van der Waals surface area (Å²) in [7, 11) is 0. The first kappa shape index (κ1) is 16.9. The molecular weight excluding hydrogens is 327 g/mol. The van der Waals surface area contributed by atoms with Crippen LogP contribution in [-0.2, 0) is 11.0 Å². The van der Waals surface area contributed by atoms with E-state index in [1.165, 1.54) is 31.4 Å². The summed E-state index contributed by atoms with van der Waals surface area (Å²) in [5.41, 5.74) is -0.170. The zero-order valence-corrected chi connectivity index (χ0v) is 14.4. The predicted molar refractivity (Wildman–Crippen MR) is 88.6 cm³/mol. The van der Waals surface area contributed by atoms with Gasteiger partial charge in [0.05, 0.1) is 11.6 Å². The van der Waals surface area contributed by atoms with Crippen LogP contribution in [-0.4, -0.2) is 5.91 Å². The molecule has 0 heterocycles. The number of nitrogens with one attached hydrogen (secondary N) is 1. The van der Waals surface area contributed by atoms with Crippen LogP contribution in [0.25, 0.3) is 0 Å². The van der Waals surface area contributed by atoms with Gasteiger partial charge >= 0.3 is 6.18 Å². The molecular formula is C20H24F3NO. The standard InChI is InChI=1S/C20H24F3NO/c1-12(16-2-4-17(5-3-16)20(21,22)23)24-18(25)19-9-13-6-14(10-19)8-15(7-13)11-19/h2-5,12-15H,6-11H2,1H3,(H,24,25). The summed E-state index contributed by atoms with van der Waals surface area (Å²) in [6.45, 7) is 1.85. The van der Waals surface area contributed by atoms with Crippen molar-refractivity contribution in [2.45, 2.75) is 57.7 Å². The van der Waals surface area contributed by atoms with Gasteiger partial charge in [0.1, 0.15) is 0 Å². The third-order valence-corrected chi connectivity index (χ3v) is 6.61. The number of hydrogen-bond donors (Lipinski definition) is 1. The lowest BCUT2D eigenvalue weighted by Crippen LogP contribution is -2.53. The van der Waals surface area contributed by atoms with E-state index in [0.29, 0.717) is 23.3 Å². The highest BCUT2D eigenvalue weighted by molar-refractivity contribution is 5.83. The van der Waals surface area contributed by atoms with Crippen LogP contribution in [0.3, 0.4) is 0 Å². The fraction of sp³-hybridized carbons (Fsp3) is 0.650. The Morgan fingerprint density at radius 3 is 1.96 bits per heavy atom. The summed E-state index contributed by atoms with van der Waals surface area (Å²) in [6, 6.07) is 4.83. The summed E-state index contributed by atoms with van der Waals surface area (Å²) in [5, 5.41) is 3.09. The molecule has 2 nitrogen and oxygen atoms in total. The van der Waals surface area contributed by atoms with E-state index in [1.54, 1.807) is 0 Å². The van der Waals surface area contributed by atoms with Crippen molar-refractivity contribution in [1.82, 2.24) is 5.32 Å². The Bertz CT molecular complexity index is 629. The molecule has 4 saturated carbocycles. The summed E-state index contributed by atoms with van der Waals surface area (Å²) < 4.78 is 38.1. The lowest BCUT2D eigenvalue weighted by molar-refractivity contribution is -0.147. The first-order chi connectivity index (χ1) is 11.7. The Morgan fingerprint density at radius 2 is 1.52 bits per heavy atom. The normalized spacial score (nSPS) is 34.8. The minimum absolute atomic E-state index is 0.110. The minimum atomic E-state index is -4.33. The molecule has 0 aliphatic heterocycles. The lowest BCUT2D eigenvalue weighted by Gasteiger charge is -2.55. The third kappa shape index (κ3) is 3.06. The number of carbonyl (C=O) groups excluding carboxylic acids is 1. The molecule has 5 heteroatoms. The van der Waals surface area contributed by atoms with Crippen LogP contribution < -0.4 is 5.32 Å². The van der Waals surface area contributed by atoms with E-state index in [-0.39, 0.29) is 17.4 Å². The van der Waals surface area contributed by atoms with Crippen molar-refractivity contribution >= 4 is 5.91 Å². The number of benzene rings is 1. The lowest BCUT2D eigenvalue weighted by atomic mass is 9.49. The van der Waals surface area contributed by atoms with Crippen molar-refractivity contribution in [3.63, 3.8) is 0 Å². The van der Waals surface area contributed by atoms with Crippen molar-refractivity contribution in [2.24, 2.45) is 23.2 Å². The zero-order chi connectivity index (χ0) is 17.8. The van der Waals surface area contributed by atoms with Gasteiger partial charge in [-0.1, -0.05) is 12.1 Å². The van der Waals surface area contributed by atoms with E-state index in [1.807, 2.05) is 6.92 Å². The van der Waals surface area contributed by atoms with Crippen LogP contribution in [0.2, 0.25) is 0 Å². The molecule has 0 aromatic heterocycles. The van der Waals surface area contributed by atoms with Crippen molar-refractivity contribution in [3.8, 4) is 0 Å². The van der Waals surface area contributed by atoms with Crippen molar-refractivity contribution in [1.29, 1.82) is 0 Å². The van der Waals surface area contributed by atoms with Gasteiger partial charge in [-0.05, 0) is 80.9 Å². The van der Waals surface area contributed by atoms with Gasteiger partial charge in [0.25, 0.3) is 0 Å². The molecule has 4 fully saturated rings. The van der Waals surface area contributed by atoms with Crippen LogP contribution in [0.1, 0.15) is 62.6 Å². The molecule has 1 aromatic rings. The predicted octanol–water partition coefficient (Wildman–Crippen LogP) is 5.10. The average Bonchev–Trinajstić information content (AvgIpc) is 2.52. The van der Waals surface area contributed by atoms with Crippen LogP contribution in [0.4, 0.5) is 13.2 Å². The first-order valence-electron chi connectivity index (χ1n) is 9.23. The molecule has 4 aliphatic rings. The van der Waals surface area contributed by atoms with E-state index < -0.39 is 11.7 Å². The summed E-state index contributed by atoms with van der Waals surface area (Å²) >= 11 is 0. The second-order valence-electron chi connectivity index (χ2n) is 8.51. The largest absolute Gasteiger partial charge is 0.416 e. The van der Waals surface area contributed by atoms with Crippen molar-refractivity contribution < 1.29 is 18.0 Å². The maximum Gasteiger partial charge on any atom is 0.416 e. The molecule has 25 heavy (non-hydrogen) atoms. The maximum absolute atomic E-state index is 13.0. The fourth-order valence-corrected chi connectivity index (χ4v) is 5.78. The van der Waals surface area contributed by atoms with Crippen LogP contribution in [0.5, 0.6) is 0 Å². The zero-order valence-electron chi connectivity index (χ0n) is 14.4. The molecule has 1 atom stereocenters. The molecule has 4 aliphatic carbocycles. The second-order valence-corrected chi connectivity index (χ2v) is 8.51. The van der Waals surface area contributed by atoms with E-state index >= 15 is 0 Å². The van der Waals surface area contributed by atoms with Gasteiger partial charge in [0.15, 0.2) is 0 Å². The topological polar surface area (TPSA) is 29.1 Å². The Balaban J connectivity index is 1.46. The molecule has 136 valence electrons. The van der Waals surface area contributed by atoms with Crippen LogP contribution in [0, 0.1) is 23.2 Å². The van der Waals surface area contributed by atoms with E-state index in [2.05, 4.69) is 5.32 Å². The van der Waals surface area contributed by atoms with Gasteiger partial charge in [-0.25, -0.2) is 0 Å². The summed E-state index contributed by atoms with van der Waals surface area (Å²) in [5.74, 6) is 2.19. The minimum Gasteiger partial charge on any atom is -0.349 e. The van der Waals surface area contributed by atoms with Crippen LogP contribution >= 0.6 is 0 Å². The molecule has 1 unspecified atom stereocenters. The Morgan fingerprint density at radius 1 is 1.04 bits per heavy atom. The number of carbonyl (C=O) groups is 1. The van der Waals surface area contributed by atoms with Gasteiger partial charge < -0.3 is 5.32 Å². The average molecular weight is 351 g/mol. The fourth-order valence-electron chi connectivity index (χ4n) is 5.78. The molecule has 1 aromatic carbocycles. The van der Waals surface area contributed by atoms with E-state index in [0.717, 1.165) is 31.4 Å². The monoisotopic (exact) mass is 351 g/mol. The molecule has 0 spiro atoms. The molecule has 4 bridgehead atoms. The molecule has 1 N–H and O–H groups in total. The van der Waals surface area contributed by atoms with E-state index in [9.17, 15) is 18.0 Å². The summed E-state index contributed by atoms with van der Waals surface area (Å²) in [6.07, 6.45) is 2.48. The summed E-state index contributed by atoms with van der Waals surface area (Å²) in [4.78, 5) is 13.0. The van der Waals surface area contributed by atoms with Crippen molar-refractivity contribution in [3.05, 3.63) is 35.4 Å². The molecule has 0 radical (unpaired) electrons. The number of alkyl halides is 3. The smallest absolute Gasteiger partial charge is 0.349 e. The van der Waals surface area contributed by atoms with Crippen LogP contribution in [0.15, 0.2) is 24.3 Å². The number of rotatable bonds is 3. The maximum atomic E-state index is 13.0. The Kier molecular flexibility index (Phi) is 3.89. The Hall–Kier alpha value is -1.52. The quantitative estimate of drug-likeness (QED) is 0.806. The first-order valence-corrected chi connectivity index (χ1v) is 9.23. The van der Waals surface area contributed by atoms with Gasteiger partial charge in [0.2, 0.25) is 5.91 Å². The Labute approximate surface area is 146 Å². The number of amides is 1. The highest BCUT2D eigenvalue weighted by atomic mass is 19.4. The highest BCUT2D eigenvalue weighted by Gasteiger charge is 2.54. The number of halogens is 3. The van der Waals surface area contributed by atoms with Gasteiger partial charge in [0, 0.05) is 5.41 Å². The highest BCUT2D eigenvalue weighted by Crippen LogP contribution is 2.60.